The van der Waals surface area contributed by atoms with Gasteiger partial charge < -0.3 is 14.9 Å². The molecule has 0 aliphatic heterocycles. The molecule has 1 amide bonds. The van der Waals surface area contributed by atoms with E-state index in [-0.39, 0.29) is 5.91 Å². The number of carboxylic acids is 1. The van der Waals surface area contributed by atoms with Crippen LogP contribution in [0.2, 0.25) is 0 Å². The van der Waals surface area contributed by atoms with Crippen LogP contribution in [-0.4, -0.2) is 36.1 Å². The van der Waals surface area contributed by atoms with E-state index in [9.17, 15) is 9.59 Å². The molecule has 0 fully saturated rings. The van der Waals surface area contributed by atoms with Gasteiger partial charge in [0.05, 0.1) is 19.8 Å². The molecular weight excluding hydrogens is 450 g/mol. The molecule has 0 saturated carbocycles. The van der Waals surface area contributed by atoms with Crippen LogP contribution in [0.25, 0.3) is 17.2 Å². The zero-order chi connectivity index (χ0) is 26.4. The van der Waals surface area contributed by atoms with Crippen molar-refractivity contribution in [3.8, 4) is 11.1 Å². The summed E-state index contributed by atoms with van der Waals surface area (Å²) >= 11 is 0. The van der Waals surface area contributed by atoms with Crippen molar-refractivity contribution in [2.24, 2.45) is 0 Å². The van der Waals surface area contributed by atoms with Gasteiger partial charge >= 0.3 is 5.97 Å². The van der Waals surface area contributed by atoms with Crippen molar-refractivity contribution in [1.29, 1.82) is 0 Å². The average Bonchev–Trinajstić information content (AvgIpc) is 2.93. The lowest BCUT2D eigenvalue weighted by Gasteiger charge is -2.23. The third-order valence-corrected chi connectivity index (χ3v) is 5.59. The van der Waals surface area contributed by atoms with Gasteiger partial charge in [0, 0.05) is 37.6 Å². The molecule has 0 bridgehead atoms. The Morgan fingerprint density at radius 2 is 1.53 bits per heavy atom. The van der Waals surface area contributed by atoms with Gasteiger partial charge in [0.1, 0.15) is 0 Å². The zero-order valence-corrected chi connectivity index (χ0v) is 20.1. The molecule has 1 N–H and O–H groups in total. The van der Waals surface area contributed by atoms with E-state index in [2.05, 4.69) is 29.2 Å². The van der Waals surface area contributed by atoms with Gasteiger partial charge in [-0.3, -0.25) is 9.78 Å². The monoisotopic (exact) mass is 478 g/mol. The van der Waals surface area contributed by atoms with E-state index < -0.39 is 12.5 Å². The highest BCUT2D eigenvalue weighted by atomic mass is 16.4. The van der Waals surface area contributed by atoms with Crippen LogP contribution in [0.4, 0.5) is 11.4 Å². The first kappa shape index (κ1) is 23.1. The predicted octanol–water partition coefficient (Wildman–Crippen LogP) is 5.76. The number of hydrogen-bond acceptors (Lipinski definition) is 4. The number of carboxylic acid groups (broad SMARTS) is 1. The Morgan fingerprint density at radius 1 is 0.889 bits per heavy atom. The minimum Gasteiger partial charge on any atom is -0.478 e. The first-order valence-corrected chi connectivity index (χ1v) is 11.4. The summed E-state index contributed by atoms with van der Waals surface area (Å²) in [6, 6.07) is 26.2. The van der Waals surface area contributed by atoms with E-state index in [1.54, 1.807) is 30.3 Å². The number of aromatic nitrogens is 1. The number of carbonyl (C=O) groups is 2. The van der Waals surface area contributed by atoms with Gasteiger partial charge in [0.15, 0.2) is 0 Å². The van der Waals surface area contributed by atoms with Crippen LogP contribution in [0.1, 0.15) is 22.9 Å². The van der Waals surface area contributed by atoms with Crippen molar-refractivity contribution in [1.82, 2.24) is 4.98 Å². The maximum Gasteiger partial charge on any atom is 0.328 e. The SMILES string of the molecule is [2H]C(c1ccc(-c2ccc(N(C)C)cc2)cc1)N(C(=O)c1ccccc1)c1cncc(/C=C/C(=O)O)c1. The number of nitrogens with zero attached hydrogens (tertiary/aromatic N) is 3. The number of benzene rings is 3. The van der Waals surface area contributed by atoms with E-state index in [4.69, 9.17) is 6.48 Å². The van der Waals surface area contributed by atoms with Gasteiger partial charge in [-0.1, -0.05) is 54.6 Å². The Labute approximate surface area is 212 Å². The van der Waals surface area contributed by atoms with Crippen molar-refractivity contribution in [3.05, 3.63) is 120 Å². The summed E-state index contributed by atoms with van der Waals surface area (Å²) in [5.41, 5.74) is 5.13. The molecule has 0 aliphatic rings. The molecule has 1 unspecified atom stereocenters. The minimum absolute atomic E-state index is 0.356. The van der Waals surface area contributed by atoms with Gasteiger partial charge in [-0.15, -0.1) is 0 Å². The van der Waals surface area contributed by atoms with Crippen molar-refractivity contribution in [3.63, 3.8) is 0 Å². The van der Waals surface area contributed by atoms with Gasteiger partial charge in [-0.05, 0) is 58.7 Å². The van der Waals surface area contributed by atoms with Gasteiger partial charge in [-0.25, -0.2) is 4.79 Å². The number of aliphatic carboxylic acids is 1. The fourth-order valence-corrected chi connectivity index (χ4v) is 3.67. The lowest BCUT2D eigenvalue weighted by molar-refractivity contribution is -0.131. The normalized spacial score (nSPS) is 12.1. The molecule has 0 radical (unpaired) electrons. The van der Waals surface area contributed by atoms with Crippen molar-refractivity contribution in [2.75, 3.05) is 23.9 Å². The minimum atomic E-state index is -1.09. The van der Waals surface area contributed by atoms with Crippen molar-refractivity contribution >= 4 is 29.3 Å². The Balaban J connectivity index is 1.68. The predicted molar refractivity (Wildman–Crippen MR) is 144 cm³/mol. The largest absolute Gasteiger partial charge is 0.478 e. The van der Waals surface area contributed by atoms with Crippen LogP contribution in [0.15, 0.2) is 103 Å². The second kappa shape index (κ2) is 11.1. The van der Waals surface area contributed by atoms with Crippen LogP contribution in [0.3, 0.4) is 0 Å². The lowest BCUT2D eigenvalue weighted by Crippen LogP contribution is -2.30. The molecule has 4 aromatic rings. The zero-order valence-electron chi connectivity index (χ0n) is 21.1. The highest BCUT2D eigenvalue weighted by Crippen LogP contribution is 2.25. The number of rotatable bonds is 8. The number of pyridine rings is 1. The number of hydrogen-bond donors (Lipinski definition) is 1. The molecule has 0 spiro atoms. The van der Waals surface area contributed by atoms with Crippen molar-refractivity contribution < 1.29 is 16.1 Å². The Morgan fingerprint density at radius 3 is 2.14 bits per heavy atom. The third kappa shape index (κ3) is 6.04. The maximum atomic E-state index is 13.6. The summed E-state index contributed by atoms with van der Waals surface area (Å²) in [6.45, 7) is -1.06. The fourth-order valence-electron chi connectivity index (χ4n) is 3.67. The molecule has 6 nitrogen and oxygen atoms in total. The molecule has 3 aromatic carbocycles. The standard InChI is InChI=1S/C30H27N3O3/c1-32(2)27-15-13-25(14-16-27)24-11-8-22(9-12-24)21-33(30(36)26-6-4-3-5-7-26)28-18-23(19-31-20-28)10-17-29(34)35/h3-20H,21H2,1-2H3,(H,34,35)/b17-10+/i21D. The summed E-state index contributed by atoms with van der Waals surface area (Å²) in [5, 5.41) is 8.97. The smallest absolute Gasteiger partial charge is 0.328 e. The molecule has 0 aliphatic carbocycles. The van der Waals surface area contributed by atoms with E-state index >= 15 is 0 Å². The number of amides is 1. The summed E-state index contributed by atoms with van der Waals surface area (Å²) in [4.78, 5) is 32.1. The quantitative estimate of drug-likeness (QED) is 0.326. The molecule has 36 heavy (non-hydrogen) atoms. The Hall–Kier alpha value is -4.71. The molecule has 1 aromatic heterocycles. The number of anilines is 2. The molecule has 6 heteroatoms. The van der Waals surface area contributed by atoms with E-state index in [1.165, 1.54) is 23.4 Å². The molecule has 0 saturated heterocycles. The van der Waals surface area contributed by atoms with Crippen LogP contribution in [0.5, 0.6) is 0 Å². The summed E-state index contributed by atoms with van der Waals surface area (Å²) in [7, 11) is 3.99. The lowest BCUT2D eigenvalue weighted by atomic mass is 10.0. The second-order valence-electron chi connectivity index (χ2n) is 8.38. The maximum absolute atomic E-state index is 13.6. The Bertz CT molecular complexity index is 1400. The second-order valence-corrected chi connectivity index (χ2v) is 8.38. The highest BCUT2D eigenvalue weighted by Gasteiger charge is 2.19. The molecule has 1 heterocycles. The molecule has 1 atom stereocenters. The number of carbonyl (C=O) groups excluding carboxylic acids is 1. The summed E-state index contributed by atoms with van der Waals surface area (Å²) in [5.74, 6) is -1.44. The van der Waals surface area contributed by atoms with E-state index in [0.717, 1.165) is 22.9 Å². The van der Waals surface area contributed by atoms with Gasteiger partial charge in [-0.2, -0.15) is 0 Å². The van der Waals surface area contributed by atoms with Crippen molar-refractivity contribution in [2.45, 2.75) is 6.52 Å². The fraction of sp³-hybridized carbons (Fsp3) is 0.100. The van der Waals surface area contributed by atoms with Crippen LogP contribution in [-0.2, 0) is 11.3 Å². The molecule has 180 valence electrons. The highest BCUT2D eigenvalue weighted by molar-refractivity contribution is 6.06. The van der Waals surface area contributed by atoms with Crippen LogP contribution in [0, 0.1) is 0 Å². The Kier molecular flexibility index (Phi) is 7.14. The van der Waals surface area contributed by atoms with E-state index in [0.29, 0.717) is 22.4 Å². The average molecular weight is 479 g/mol. The first-order valence-electron chi connectivity index (χ1n) is 12.0. The topological polar surface area (TPSA) is 73.7 Å². The van der Waals surface area contributed by atoms with Crippen LogP contribution >= 0.6 is 0 Å². The van der Waals surface area contributed by atoms with Gasteiger partial charge in [0.2, 0.25) is 0 Å². The van der Waals surface area contributed by atoms with E-state index in [1.807, 2.05) is 49.3 Å². The van der Waals surface area contributed by atoms with Crippen LogP contribution < -0.4 is 9.80 Å². The van der Waals surface area contributed by atoms with Gasteiger partial charge in [0.25, 0.3) is 5.91 Å². The summed E-state index contributed by atoms with van der Waals surface area (Å²) in [6.07, 6.45) is 5.41. The first-order chi connectivity index (χ1) is 17.8. The third-order valence-electron chi connectivity index (χ3n) is 5.59. The molecular formula is C30H27N3O3. The summed E-state index contributed by atoms with van der Waals surface area (Å²) < 4.78 is 9.04. The molecule has 4 rings (SSSR count).